The normalized spacial score (nSPS) is 20.9. The minimum Gasteiger partial charge on any atom is -0.467 e. The number of thioether (sulfide) groups is 1. The standard InChI is InChI=1S/C13H11ClFN3O2S/c14-10-3-12-8(2-11(10)15)1-9(4-20-7-19)13(21-12)18-6-16-5-17-18/h2-3,5-7,9,13H,1,4H2. The van der Waals surface area contributed by atoms with Crippen LogP contribution >= 0.6 is 23.4 Å². The number of hydrogen-bond donors (Lipinski definition) is 0. The molecule has 1 aliphatic heterocycles. The number of rotatable bonds is 4. The molecule has 1 aromatic carbocycles. The highest BCUT2D eigenvalue weighted by Gasteiger charge is 2.32. The summed E-state index contributed by atoms with van der Waals surface area (Å²) in [7, 11) is 0. The Kier molecular flexibility index (Phi) is 4.12. The fraction of sp³-hybridized carbons (Fsp3) is 0.308. The van der Waals surface area contributed by atoms with Crippen LogP contribution in [0.4, 0.5) is 4.39 Å². The van der Waals surface area contributed by atoms with Crippen LogP contribution in [0.2, 0.25) is 5.02 Å². The van der Waals surface area contributed by atoms with Crippen LogP contribution in [0.5, 0.6) is 0 Å². The molecule has 0 aliphatic carbocycles. The third kappa shape index (κ3) is 2.89. The number of aromatic nitrogens is 3. The van der Waals surface area contributed by atoms with Gasteiger partial charge in [-0.25, -0.2) is 14.1 Å². The molecule has 1 aromatic heterocycles. The van der Waals surface area contributed by atoms with Gasteiger partial charge in [-0.1, -0.05) is 23.4 Å². The SMILES string of the molecule is O=COCC1Cc2cc(F)c(Cl)cc2SC1n1cncn1. The van der Waals surface area contributed by atoms with Crippen molar-refractivity contribution in [2.45, 2.75) is 16.7 Å². The summed E-state index contributed by atoms with van der Waals surface area (Å²) in [6.07, 6.45) is 3.64. The summed E-state index contributed by atoms with van der Waals surface area (Å²) in [4.78, 5) is 15.3. The van der Waals surface area contributed by atoms with Gasteiger partial charge < -0.3 is 4.74 Å². The summed E-state index contributed by atoms with van der Waals surface area (Å²) < 4.78 is 20.2. The lowest BCUT2D eigenvalue weighted by molar-refractivity contribution is -0.130. The maximum Gasteiger partial charge on any atom is 0.293 e. The van der Waals surface area contributed by atoms with Crippen LogP contribution in [-0.4, -0.2) is 27.8 Å². The predicted octanol–water partition coefficient (Wildman–Crippen LogP) is 2.71. The molecule has 110 valence electrons. The van der Waals surface area contributed by atoms with E-state index in [-0.39, 0.29) is 22.9 Å². The molecule has 2 atom stereocenters. The monoisotopic (exact) mass is 327 g/mol. The molecule has 5 nitrogen and oxygen atoms in total. The van der Waals surface area contributed by atoms with Crippen molar-refractivity contribution in [3.63, 3.8) is 0 Å². The molecule has 21 heavy (non-hydrogen) atoms. The molecule has 2 heterocycles. The molecule has 8 heteroatoms. The van der Waals surface area contributed by atoms with Gasteiger partial charge in [0.1, 0.15) is 23.8 Å². The first-order valence-electron chi connectivity index (χ1n) is 6.23. The number of fused-ring (bicyclic) bond motifs is 1. The summed E-state index contributed by atoms with van der Waals surface area (Å²) in [5.74, 6) is -0.458. The summed E-state index contributed by atoms with van der Waals surface area (Å²) in [6.45, 7) is 0.658. The minimum atomic E-state index is -0.440. The first kappa shape index (κ1) is 14.3. The van der Waals surface area contributed by atoms with Crippen LogP contribution < -0.4 is 0 Å². The van der Waals surface area contributed by atoms with Crippen molar-refractivity contribution in [1.82, 2.24) is 14.8 Å². The topological polar surface area (TPSA) is 57.0 Å². The molecule has 0 spiro atoms. The Morgan fingerprint density at radius 1 is 1.57 bits per heavy atom. The number of ether oxygens (including phenoxy) is 1. The van der Waals surface area contributed by atoms with E-state index in [1.807, 2.05) is 0 Å². The van der Waals surface area contributed by atoms with Crippen LogP contribution in [0.25, 0.3) is 0 Å². The van der Waals surface area contributed by atoms with Gasteiger partial charge in [-0.15, -0.1) is 0 Å². The Labute approximate surface area is 129 Å². The van der Waals surface area contributed by atoms with E-state index in [9.17, 15) is 9.18 Å². The molecular weight excluding hydrogens is 317 g/mol. The lowest BCUT2D eigenvalue weighted by Crippen LogP contribution is -2.27. The smallest absolute Gasteiger partial charge is 0.293 e. The molecule has 0 saturated heterocycles. The van der Waals surface area contributed by atoms with Gasteiger partial charge >= 0.3 is 0 Å². The van der Waals surface area contributed by atoms with Gasteiger partial charge in [0, 0.05) is 10.8 Å². The number of benzene rings is 1. The van der Waals surface area contributed by atoms with Gasteiger partial charge in [-0.3, -0.25) is 4.79 Å². The van der Waals surface area contributed by atoms with Crippen LogP contribution in [-0.2, 0) is 16.0 Å². The zero-order valence-corrected chi connectivity index (χ0v) is 12.4. The molecule has 2 unspecified atom stereocenters. The first-order chi connectivity index (χ1) is 10.2. The fourth-order valence-electron chi connectivity index (χ4n) is 2.37. The van der Waals surface area contributed by atoms with Crippen LogP contribution in [0.3, 0.4) is 0 Å². The second kappa shape index (κ2) is 6.03. The Balaban J connectivity index is 1.94. The van der Waals surface area contributed by atoms with E-state index in [4.69, 9.17) is 16.3 Å². The minimum absolute atomic E-state index is 0.0185. The van der Waals surface area contributed by atoms with Gasteiger partial charge in [0.15, 0.2) is 0 Å². The van der Waals surface area contributed by atoms with E-state index in [0.717, 1.165) is 10.5 Å². The Hall–Kier alpha value is -1.60. The van der Waals surface area contributed by atoms with E-state index in [1.54, 1.807) is 17.1 Å². The van der Waals surface area contributed by atoms with Crippen LogP contribution in [0.1, 0.15) is 10.9 Å². The number of halogens is 2. The highest BCUT2D eigenvalue weighted by atomic mass is 35.5. The molecule has 0 radical (unpaired) electrons. The quantitative estimate of drug-likeness (QED) is 0.808. The van der Waals surface area contributed by atoms with Gasteiger partial charge in [0.25, 0.3) is 6.47 Å². The molecule has 1 aliphatic rings. The highest BCUT2D eigenvalue weighted by molar-refractivity contribution is 7.99. The second-order valence-electron chi connectivity index (χ2n) is 4.65. The Morgan fingerprint density at radius 3 is 3.14 bits per heavy atom. The van der Waals surface area contributed by atoms with E-state index >= 15 is 0 Å². The van der Waals surface area contributed by atoms with Crippen molar-refractivity contribution in [1.29, 1.82) is 0 Å². The lowest BCUT2D eigenvalue weighted by atomic mass is 9.98. The summed E-state index contributed by atoms with van der Waals surface area (Å²) in [6, 6.07) is 3.06. The molecule has 2 aromatic rings. The second-order valence-corrected chi connectivity index (χ2v) is 6.22. The highest BCUT2D eigenvalue weighted by Crippen LogP contribution is 2.45. The van der Waals surface area contributed by atoms with Crippen molar-refractivity contribution < 1.29 is 13.9 Å². The molecule has 0 fully saturated rings. The van der Waals surface area contributed by atoms with Gasteiger partial charge in [-0.05, 0) is 24.1 Å². The maximum atomic E-state index is 13.6. The van der Waals surface area contributed by atoms with E-state index < -0.39 is 5.82 Å². The van der Waals surface area contributed by atoms with E-state index in [2.05, 4.69) is 10.1 Å². The van der Waals surface area contributed by atoms with Crippen molar-refractivity contribution in [2.24, 2.45) is 5.92 Å². The van der Waals surface area contributed by atoms with Crippen molar-refractivity contribution in [3.05, 3.63) is 41.2 Å². The van der Waals surface area contributed by atoms with E-state index in [1.165, 1.54) is 24.2 Å². The molecule has 0 N–H and O–H groups in total. The van der Waals surface area contributed by atoms with Gasteiger partial charge in [0.2, 0.25) is 0 Å². The number of hydrogen-bond acceptors (Lipinski definition) is 5. The third-order valence-electron chi connectivity index (χ3n) is 3.31. The van der Waals surface area contributed by atoms with Crippen LogP contribution in [0, 0.1) is 11.7 Å². The van der Waals surface area contributed by atoms with Crippen LogP contribution in [0.15, 0.2) is 29.7 Å². The molecular formula is C13H11ClFN3O2S. The average molecular weight is 328 g/mol. The van der Waals surface area contributed by atoms with E-state index in [0.29, 0.717) is 12.9 Å². The number of carbonyl (C=O) groups is 1. The summed E-state index contributed by atoms with van der Waals surface area (Å²) in [5.41, 5.74) is 0.859. The Bertz CT molecular complexity index is 653. The first-order valence-corrected chi connectivity index (χ1v) is 7.48. The van der Waals surface area contributed by atoms with Crippen molar-refractivity contribution >= 4 is 29.8 Å². The maximum absolute atomic E-state index is 13.6. The fourth-order valence-corrected chi connectivity index (χ4v) is 3.92. The van der Waals surface area contributed by atoms with Gasteiger partial charge in [0.05, 0.1) is 11.6 Å². The third-order valence-corrected chi connectivity index (χ3v) is 5.08. The molecule has 3 rings (SSSR count). The van der Waals surface area contributed by atoms with Crippen molar-refractivity contribution in [2.75, 3.05) is 6.61 Å². The summed E-state index contributed by atoms with van der Waals surface area (Å²) >= 11 is 7.35. The van der Waals surface area contributed by atoms with Gasteiger partial charge in [-0.2, -0.15) is 5.10 Å². The molecule has 0 saturated carbocycles. The Morgan fingerprint density at radius 2 is 2.43 bits per heavy atom. The zero-order valence-electron chi connectivity index (χ0n) is 10.8. The largest absolute Gasteiger partial charge is 0.467 e. The summed E-state index contributed by atoms with van der Waals surface area (Å²) in [5, 5.41) is 4.16. The average Bonchev–Trinajstić information content (AvgIpc) is 3.00. The predicted molar refractivity (Wildman–Crippen MR) is 75.5 cm³/mol. The van der Waals surface area contributed by atoms with Crippen molar-refractivity contribution in [3.8, 4) is 0 Å². The number of carbonyl (C=O) groups excluding carboxylic acids is 1. The molecule has 0 bridgehead atoms. The molecule has 0 amide bonds. The zero-order chi connectivity index (χ0) is 14.8. The number of nitrogens with zero attached hydrogens (tertiary/aromatic N) is 3. The lowest BCUT2D eigenvalue weighted by Gasteiger charge is -2.31.